The number of amides is 1. The second-order valence-electron chi connectivity index (χ2n) is 8.22. The maximum absolute atomic E-state index is 12.7. The number of hydrogen-bond donors (Lipinski definition) is 1. The summed E-state index contributed by atoms with van der Waals surface area (Å²) in [6.07, 6.45) is 10.1. The Bertz CT molecular complexity index is 1280. The van der Waals surface area contributed by atoms with Crippen LogP contribution in [-0.2, 0) is 7.05 Å². The van der Waals surface area contributed by atoms with Gasteiger partial charge in [0.2, 0.25) is 0 Å². The normalized spacial score (nSPS) is 15.2. The number of fused-ring (bicyclic) bond motifs is 1. The number of pyridine rings is 2. The molecule has 5 rings (SSSR count). The molecule has 1 saturated heterocycles. The van der Waals surface area contributed by atoms with E-state index in [1.54, 1.807) is 29.3 Å². The van der Waals surface area contributed by atoms with Crippen LogP contribution in [0.1, 0.15) is 35.1 Å². The number of carbonyl (C=O) groups excluding carboxylic acids is 1. The van der Waals surface area contributed by atoms with Gasteiger partial charge in [-0.25, -0.2) is 14.4 Å². The molecule has 10 heteroatoms. The number of piperidine rings is 1. The first-order chi connectivity index (χ1) is 16.1. The van der Waals surface area contributed by atoms with Crippen LogP contribution >= 0.6 is 0 Å². The highest BCUT2D eigenvalue weighted by Gasteiger charge is 2.25. The third kappa shape index (κ3) is 4.61. The lowest BCUT2D eigenvalue weighted by Gasteiger charge is -2.29. The van der Waals surface area contributed by atoms with Crippen molar-refractivity contribution in [2.45, 2.75) is 18.8 Å². The molecule has 33 heavy (non-hydrogen) atoms. The molecule has 4 aromatic heterocycles. The number of nitrogens with zero attached hydrogens (tertiary/aromatic N) is 6. The molecule has 0 unspecified atom stereocenters. The summed E-state index contributed by atoms with van der Waals surface area (Å²) in [7, 11) is 1.85. The van der Waals surface area contributed by atoms with Gasteiger partial charge in [-0.3, -0.25) is 14.5 Å². The van der Waals surface area contributed by atoms with Crippen molar-refractivity contribution in [3.63, 3.8) is 0 Å². The molecule has 0 radical (unpaired) electrons. The van der Waals surface area contributed by atoms with E-state index < -0.39 is 0 Å². The van der Waals surface area contributed by atoms with Crippen LogP contribution in [-0.4, -0.2) is 61.8 Å². The number of aryl methyl sites for hydroxylation is 1. The van der Waals surface area contributed by atoms with Crippen molar-refractivity contribution in [1.82, 2.24) is 29.6 Å². The molecule has 0 saturated carbocycles. The van der Waals surface area contributed by atoms with Crippen LogP contribution in [0.4, 0.5) is 10.2 Å². The van der Waals surface area contributed by atoms with Crippen LogP contribution in [0.5, 0.6) is 0 Å². The number of oxazole rings is 1. The first-order valence-corrected chi connectivity index (χ1v) is 10.9. The molecule has 5 heterocycles. The number of carbonyl (C=O) groups is 1. The number of likely N-dealkylation sites (tertiary alicyclic amines) is 1. The van der Waals surface area contributed by atoms with E-state index >= 15 is 0 Å². The topological polar surface area (TPSA) is 102 Å². The van der Waals surface area contributed by atoms with Crippen molar-refractivity contribution >= 4 is 22.5 Å². The van der Waals surface area contributed by atoms with Crippen molar-refractivity contribution in [2.24, 2.45) is 7.05 Å². The second kappa shape index (κ2) is 9.07. The van der Waals surface area contributed by atoms with Gasteiger partial charge in [-0.15, -0.1) is 0 Å². The summed E-state index contributed by atoms with van der Waals surface area (Å²) >= 11 is 0. The summed E-state index contributed by atoms with van der Waals surface area (Å²) < 4.78 is 19.8. The number of nitrogens with one attached hydrogen (secondary N) is 1. The van der Waals surface area contributed by atoms with Crippen LogP contribution in [0, 0.1) is 0 Å². The lowest BCUT2D eigenvalue weighted by molar-refractivity contribution is 0.102. The average molecular weight is 449 g/mol. The van der Waals surface area contributed by atoms with E-state index in [0.717, 1.165) is 48.0 Å². The first kappa shape index (κ1) is 21.2. The largest absolute Gasteiger partial charge is 0.448 e. The fourth-order valence-corrected chi connectivity index (χ4v) is 4.10. The molecule has 1 fully saturated rings. The van der Waals surface area contributed by atoms with Crippen molar-refractivity contribution in [2.75, 3.05) is 31.6 Å². The van der Waals surface area contributed by atoms with Crippen molar-refractivity contribution in [1.29, 1.82) is 0 Å². The van der Waals surface area contributed by atoms with Crippen LogP contribution in [0.15, 0.2) is 47.6 Å². The molecule has 0 aromatic carbocycles. The Balaban J connectivity index is 1.28. The van der Waals surface area contributed by atoms with Crippen LogP contribution in [0.2, 0.25) is 0 Å². The van der Waals surface area contributed by atoms with Gasteiger partial charge in [0.1, 0.15) is 18.8 Å². The standard InChI is InChI=1S/C23H24FN7O2/c1-30-13-18(12-27-30)19-8-16-9-21(26-11-17(16)10-25-19)29-22(32)20-14-33-23(28-20)15-2-5-31(6-3-15)7-4-24/h8-15H,2-7H2,1H3,(H,26,29,32). The lowest BCUT2D eigenvalue weighted by Crippen LogP contribution is -2.34. The van der Waals surface area contributed by atoms with Crippen LogP contribution in [0.25, 0.3) is 22.0 Å². The maximum atomic E-state index is 12.7. The van der Waals surface area contributed by atoms with Gasteiger partial charge in [0, 0.05) is 49.1 Å². The molecule has 0 aliphatic carbocycles. The van der Waals surface area contributed by atoms with Crippen molar-refractivity contribution < 1.29 is 13.6 Å². The van der Waals surface area contributed by atoms with E-state index in [0.29, 0.717) is 18.3 Å². The molecule has 1 aliphatic rings. The fourth-order valence-electron chi connectivity index (χ4n) is 4.10. The highest BCUT2D eigenvalue weighted by molar-refractivity contribution is 6.03. The summed E-state index contributed by atoms with van der Waals surface area (Å²) in [4.78, 5) is 28.0. The molecule has 0 spiro atoms. The Morgan fingerprint density at radius 2 is 2.00 bits per heavy atom. The summed E-state index contributed by atoms with van der Waals surface area (Å²) in [5.74, 6) is 0.728. The molecule has 4 aromatic rings. The Morgan fingerprint density at radius 3 is 2.76 bits per heavy atom. The van der Waals surface area contributed by atoms with E-state index in [9.17, 15) is 9.18 Å². The molecule has 0 bridgehead atoms. The zero-order valence-corrected chi connectivity index (χ0v) is 18.2. The highest BCUT2D eigenvalue weighted by Crippen LogP contribution is 2.28. The van der Waals surface area contributed by atoms with E-state index in [4.69, 9.17) is 4.42 Å². The van der Waals surface area contributed by atoms with Crippen LogP contribution in [0.3, 0.4) is 0 Å². The molecule has 9 nitrogen and oxygen atoms in total. The van der Waals surface area contributed by atoms with Gasteiger partial charge < -0.3 is 14.6 Å². The molecule has 1 aliphatic heterocycles. The minimum Gasteiger partial charge on any atom is -0.448 e. The number of halogens is 1. The van der Waals surface area contributed by atoms with Gasteiger partial charge in [0.15, 0.2) is 11.6 Å². The third-order valence-corrected chi connectivity index (χ3v) is 5.94. The average Bonchev–Trinajstić information content (AvgIpc) is 3.49. The van der Waals surface area contributed by atoms with E-state index in [-0.39, 0.29) is 24.2 Å². The molecule has 0 atom stereocenters. The van der Waals surface area contributed by atoms with E-state index in [1.807, 2.05) is 19.3 Å². The van der Waals surface area contributed by atoms with Gasteiger partial charge in [-0.2, -0.15) is 5.10 Å². The Kier molecular flexibility index (Phi) is 5.82. The number of rotatable bonds is 6. The molecule has 1 N–H and O–H groups in total. The predicted molar refractivity (Wildman–Crippen MR) is 121 cm³/mol. The monoisotopic (exact) mass is 449 g/mol. The van der Waals surface area contributed by atoms with Gasteiger partial charge >= 0.3 is 0 Å². The molecular formula is C23H24FN7O2. The quantitative estimate of drug-likeness (QED) is 0.481. The Morgan fingerprint density at radius 1 is 1.18 bits per heavy atom. The zero-order chi connectivity index (χ0) is 22.8. The van der Waals surface area contributed by atoms with Gasteiger partial charge in [0.25, 0.3) is 5.91 Å². The number of anilines is 1. The van der Waals surface area contributed by atoms with E-state index in [2.05, 4.69) is 30.3 Å². The lowest BCUT2D eigenvalue weighted by atomic mass is 9.97. The number of alkyl halides is 1. The molecular weight excluding hydrogens is 425 g/mol. The minimum absolute atomic E-state index is 0.139. The fraction of sp³-hybridized carbons (Fsp3) is 0.348. The van der Waals surface area contributed by atoms with Crippen molar-refractivity contribution in [3.8, 4) is 11.3 Å². The molecule has 1 amide bonds. The maximum Gasteiger partial charge on any atom is 0.278 e. The summed E-state index contributed by atoms with van der Waals surface area (Å²) in [6.45, 7) is 1.73. The van der Waals surface area contributed by atoms with Crippen LogP contribution < -0.4 is 5.32 Å². The number of hydrogen-bond acceptors (Lipinski definition) is 7. The summed E-state index contributed by atoms with van der Waals surface area (Å²) in [6, 6.07) is 3.74. The highest BCUT2D eigenvalue weighted by atomic mass is 19.1. The Labute approximate surface area is 189 Å². The smallest absolute Gasteiger partial charge is 0.278 e. The zero-order valence-electron chi connectivity index (χ0n) is 18.2. The number of aromatic nitrogens is 5. The minimum atomic E-state index is -0.381. The summed E-state index contributed by atoms with van der Waals surface area (Å²) in [5, 5.41) is 8.74. The SMILES string of the molecule is Cn1cc(-c2cc3cc(NC(=O)c4coc(C5CCN(CCF)CC5)n4)ncc3cn2)cn1. The predicted octanol–water partition coefficient (Wildman–Crippen LogP) is 3.42. The Hall–Kier alpha value is -3.66. The van der Waals surface area contributed by atoms with Gasteiger partial charge in [0.05, 0.1) is 11.9 Å². The third-order valence-electron chi connectivity index (χ3n) is 5.94. The molecule has 170 valence electrons. The van der Waals surface area contributed by atoms with Gasteiger partial charge in [-0.1, -0.05) is 0 Å². The second-order valence-corrected chi connectivity index (χ2v) is 8.22. The van der Waals surface area contributed by atoms with Gasteiger partial charge in [-0.05, 0) is 43.5 Å². The van der Waals surface area contributed by atoms with Crippen molar-refractivity contribution in [3.05, 3.63) is 54.8 Å². The van der Waals surface area contributed by atoms with E-state index in [1.165, 1.54) is 6.26 Å². The summed E-state index contributed by atoms with van der Waals surface area (Å²) in [5.41, 5.74) is 1.91. The first-order valence-electron chi connectivity index (χ1n) is 10.9.